The summed E-state index contributed by atoms with van der Waals surface area (Å²) in [7, 11) is 0. The molecule has 0 fully saturated rings. The molecule has 1 amide bonds. The van der Waals surface area contributed by atoms with Gasteiger partial charge in [-0.15, -0.1) is 0 Å². The van der Waals surface area contributed by atoms with Gasteiger partial charge in [0.05, 0.1) is 6.21 Å². The summed E-state index contributed by atoms with van der Waals surface area (Å²) in [6.45, 7) is 3.85. The smallest absolute Gasteiger partial charge is 0.288 e. The van der Waals surface area contributed by atoms with Crippen LogP contribution >= 0.6 is 0 Å². The predicted octanol–water partition coefficient (Wildman–Crippen LogP) is 4.81. The van der Waals surface area contributed by atoms with Crippen LogP contribution in [0.2, 0.25) is 0 Å². The van der Waals surface area contributed by atoms with Crippen LogP contribution in [0, 0.1) is 13.8 Å². The molecular weight excluding hydrogens is 338 g/mol. The van der Waals surface area contributed by atoms with Crippen molar-refractivity contribution in [3.05, 3.63) is 83.4 Å². The molecule has 0 unspecified atom stereocenters. The maximum Gasteiger partial charge on any atom is 0.288 e. The summed E-state index contributed by atoms with van der Waals surface area (Å²) >= 11 is 0. The molecule has 0 aliphatic rings. The topological polar surface area (TPSA) is 70.4 Å². The van der Waals surface area contributed by atoms with Crippen LogP contribution in [-0.2, 0) is 0 Å². The standard InChI is InChI=1S/C22H19N3O2/c1-14-12-17(27-15(14)2)13-23-25-22(26)21-20(16-8-4-3-5-9-16)18-10-6-7-11-19(18)24-21/h3-13,24H,1-2H3,(H,25,26)/b23-13+. The summed E-state index contributed by atoms with van der Waals surface area (Å²) < 4.78 is 5.53. The largest absolute Gasteiger partial charge is 0.460 e. The van der Waals surface area contributed by atoms with Gasteiger partial charge in [0.25, 0.3) is 5.91 Å². The van der Waals surface area contributed by atoms with Crippen LogP contribution in [0.1, 0.15) is 27.6 Å². The van der Waals surface area contributed by atoms with Crippen molar-refractivity contribution >= 4 is 23.0 Å². The molecule has 0 saturated carbocycles. The van der Waals surface area contributed by atoms with Gasteiger partial charge in [-0.1, -0.05) is 48.5 Å². The number of carbonyl (C=O) groups excluding carboxylic acids is 1. The highest BCUT2D eigenvalue weighted by Crippen LogP contribution is 2.32. The number of nitrogens with zero attached hydrogens (tertiary/aromatic N) is 1. The lowest BCUT2D eigenvalue weighted by atomic mass is 10.0. The Kier molecular flexibility index (Phi) is 4.34. The SMILES string of the molecule is Cc1cc(/C=N/NC(=O)c2[nH]c3ccccc3c2-c2ccccc2)oc1C. The van der Waals surface area contributed by atoms with Crippen molar-refractivity contribution in [3.63, 3.8) is 0 Å². The Morgan fingerprint density at radius 1 is 1.07 bits per heavy atom. The molecule has 0 aliphatic carbocycles. The zero-order valence-corrected chi connectivity index (χ0v) is 15.1. The Morgan fingerprint density at radius 2 is 1.81 bits per heavy atom. The zero-order valence-electron chi connectivity index (χ0n) is 15.1. The lowest BCUT2D eigenvalue weighted by Crippen LogP contribution is -2.18. The van der Waals surface area contributed by atoms with E-state index < -0.39 is 0 Å². The van der Waals surface area contributed by atoms with E-state index in [1.165, 1.54) is 6.21 Å². The second-order valence-corrected chi connectivity index (χ2v) is 6.37. The van der Waals surface area contributed by atoms with Crippen LogP contribution in [0.25, 0.3) is 22.0 Å². The van der Waals surface area contributed by atoms with Gasteiger partial charge < -0.3 is 9.40 Å². The van der Waals surface area contributed by atoms with Gasteiger partial charge in [0.1, 0.15) is 17.2 Å². The van der Waals surface area contributed by atoms with Gasteiger partial charge in [0.15, 0.2) is 0 Å². The molecule has 5 heteroatoms. The van der Waals surface area contributed by atoms with E-state index in [4.69, 9.17) is 4.42 Å². The molecule has 0 spiro atoms. The van der Waals surface area contributed by atoms with Crippen LogP contribution in [0.5, 0.6) is 0 Å². The molecule has 5 nitrogen and oxygen atoms in total. The number of hydrogen-bond acceptors (Lipinski definition) is 3. The molecule has 2 aromatic heterocycles. The van der Waals surface area contributed by atoms with Gasteiger partial charge in [0.2, 0.25) is 0 Å². The van der Waals surface area contributed by atoms with E-state index in [-0.39, 0.29) is 5.91 Å². The molecule has 0 atom stereocenters. The van der Waals surface area contributed by atoms with E-state index >= 15 is 0 Å². The quantitative estimate of drug-likeness (QED) is 0.406. The second kappa shape index (κ2) is 6.96. The second-order valence-electron chi connectivity index (χ2n) is 6.37. The molecule has 0 aliphatic heterocycles. The Balaban J connectivity index is 1.67. The van der Waals surface area contributed by atoms with Gasteiger partial charge >= 0.3 is 0 Å². The van der Waals surface area contributed by atoms with Crippen molar-refractivity contribution in [3.8, 4) is 11.1 Å². The van der Waals surface area contributed by atoms with E-state index in [9.17, 15) is 4.79 Å². The highest BCUT2D eigenvalue weighted by atomic mass is 16.3. The van der Waals surface area contributed by atoms with Crippen molar-refractivity contribution in [1.82, 2.24) is 10.4 Å². The fraction of sp³-hybridized carbons (Fsp3) is 0.0909. The number of aromatic amines is 1. The van der Waals surface area contributed by atoms with E-state index in [0.717, 1.165) is 33.4 Å². The first-order valence-corrected chi connectivity index (χ1v) is 8.70. The number of para-hydroxylation sites is 1. The number of fused-ring (bicyclic) bond motifs is 1. The number of hydrogen-bond donors (Lipinski definition) is 2. The maximum absolute atomic E-state index is 12.8. The Labute approximate surface area is 156 Å². The molecule has 4 aromatic rings. The van der Waals surface area contributed by atoms with Crippen LogP contribution in [-0.4, -0.2) is 17.1 Å². The minimum absolute atomic E-state index is 0.304. The van der Waals surface area contributed by atoms with Crippen molar-refractivity contribution < 1.29 is 9.21 Å². The Morgan fingerprint density at radius 3 is 2.56 bits per heavy atom. The van der Waals surface area contributed by atoms with E-state index in [2.05, 4.69) is 15.5 Å². The van der Waals surface area contributed by atoms with Crippen LogP contribution in [0.15, 0.2) is 70.2 Å². The number of rotatable bonds is 4. The number of furan rings is 1. The molecule has 4 rings (SSSR count). The number of H-pyrrole nitrogens is 1. The van der Waals surface area contributed by atoms with E-state index in [1.807, 2.05) is 74.5 Å². The average Bonchev–Trinajstić information content (AvgIpc) is 3.22. The molecule has 0 saturated heterocycles. The summed E-state index contributed by atoms with van der Waals surface area (Å²) in [5.74, 6) is 1.14. The van der Waals surface area contributed by atoms with Gasteiger partial charge in [-0.2, -0.15) is 5.10 Å². The number of aryl methyl sites for hydroxylation is 2. The zero-order chi connectivity index (χ0) is 18.8. The van der Waals surface area contributed by atoms with Gasteiger partial charge in [-0.25, -0.2) is 5.43 Å². The average molecular weight is 357 g/mol. The minimum Gasteiger partial charge on any atom is -0.460 e. The lowest BCUT2D eigenvalue weighted by molar-refractivity contribution is 0.0951. The molecule has 2 N–H and O–H groups in total. The summed E-state index contributed by atoms with van der Waals surface area (Å²) in [5, 5.41) is 5.03. The first kappa shape index (κ1) is 16.8. The summed E-state index contributed by atoms with van der Waals surface area (Å²) in [6, 6.07) is 19.6. The van der Waals surface area contributed by atoms with Crippen molar-refractivity contribution in [2.75, 3.05) is 0 Å². The number of benzene rings is 2. The fourth-order valence-electron chi connectivity index (χ4n) is 3.09. The summed E-state index contributed by atoms with van der Waals surface area (Å²) in [5.41, 5.74) is 6.85. The Bertz CT molecular complexity index is 1120. The third-order valence-corrected chi connectivity index (χ3v) is 4.54. The molecule has 2 heterocycles. The molecule has 134 valence electrons. The monoisotopic (exact) mass is 357 g/mol. The van der Waals surface area contributed by atoms with Crippen molar-refractivity contribution in [1.29, 1.82) is 0 Å². The van der Waals surface area contributed by atoms with E-state index in [1.54, 1.807) is 0 Å². The number of hydrazone groups is 1. The molecule has 0 radical (unpaired) electrons. The third-order valence-electron chi connectivity index (χ3n) is 4.54. The van der Waals surface area contributed by atoms with E-state index in [0.29, 0.717) is 11.5 Å². The molecule has 0 bridgehead atoms. The van der Waals surface area contributed by atoms with Gasteiger partial charge in [-0.05, 0) is 37.1 Å². The highest BCUT2D eigenvalue weighted by Gasteiger charge is 2.18. The highest BCUT2D eigenvalue weighted by molar-refractivity contribution is 6.09. The van der Waals surface area contributed by atoms with Crippen LogP contribution in [0.4, 0.5) is 0 Å². The molecule has 2 aromatic carbocycles. The number of amides is 1. The maximum atomic E-state index is 12.8. The van der Waals surface area contributed by atoms with Crippen molar-refractivity contribution in [2.24, 2.45) is 5.10 Å². The predicted molar refractivity (Wildman–Crippen MR) is 107 cm³/mol. The number of carbonyl (C=O) groups is 1. The number of aromatic nitrogens is 1. The first-order valence-electron chi connectivity index (χ1n) is 8.70. The van der Waals surface area contributed by atoms with Crippen LogP contribution in [0.3, 0.4) is 0 Å². The number of nitrogens with one attached hydrogen (secondary N) is 2. The van der Waals surface area contributed by atoms with Crippen molar-refractivity contribution in [2.45, 2.75) is 13.8 Å². The Hall–Kier alpha value is -3.60. The molecular formula is C22H19N3O2. The summed E-state index contributed by atoms with van der Waals surface area (Å²) in [6.07, 6.45) is 1.50. The van der Waals surface area contributed by atoms with Gasteiger partial charge in [-0.3, -0.25) is 4.79 Å². The normalized spacial score (nSPS) is 11.3. The van der Waals surface area contributed by atoms with Crippen LogP contribution < -0.4 is 5.43 Å². The van der Waals surface area contributed by atoms with Gasteiger partial charge in [0, 0.05) is 16.5 Å². The first-order chi connectivity index (χ1) is 13.1. The third kappa shape index (κ3) is 3.27. The minimum atomic E-state index is -0.304. The fourth-order valence-corrected chi connectivity index (χ4v) is 3.09. The molecule has 27 heavy (non-hydrogen) atoms. The lowest BCUT2D eigenvalue weighted by Gasteiger charge is -2.04. The summed E-state index contributed by atoms with van der Waals surface area (Å²) in [4.78, 5) is 16.0.